The molecule has 0 aromatic carbocycles. The lowest BCUT2D eigenvalue weighted by Gasteiger charge is -1.92. The Hall–Kier alpha value is -0.670. The maximum absolute atomic E-state index is 4.91. The highest BCUT2D eigenvalue weighted by Crippen LogP contribution is 2.04. The fraction of sp³-hybridized carbons (Fsp3) is 0.444. The van der Waals surface area contributed by atoms with Crippen LogP contribution in [0.3, 0.4) is 0 Å². The molecule has 0 radical (unpaired) electrons. The Morgan fingerprint density at radius 2 is 2.58 bits per heavy atom. The molecule has 3 heteroatoms. The van der Waals surface area contributed by atoms with Gasteiger partial charge in [0, 0.05) is 31.4 Å². The van der Waals surface area contributed by atoms with Crippen molar-refractivity contribution in [3.8, 4) is 0 Å². The van der Waals surface area contributed by atoms with Crippen molar-refractivity contribution in [2.75, 3.05) is 20.3 Å². The molecule has 0 spiro atoms. The molecule has 0 fully saturated rings. The van der Waals surface area contributed by atoms with Gasteiger partial charge < -0.3 is 4.74 Å². The molecule has 0 unspecified atom stereocenters. The van der Waals surface area contributed by atoms with E-state index in [-0.39, 0.29) is 0 Å². The van der Waals surface area contributed by atoms with Crippen molar-refractivity contribution in [3.63, 3.8) is 0 Å². The molecule has 0 aliphatic carbocycles. The first kappa shape index (κ1) is 9.42. The van der Waals surface area contributed by atoms with E-state index in [4.69, 9.17) is 4.74 Å². The van der Waals surface area contributed by atoms with Crippen LogP contribution in [0.15, 0.2) is 22.5 Å². The number of nitrogens with zero attached hydrogens (tertiary/aromatic N) is 1. The fourth-order valence-electron chi connectivity index (χ4n) is 0.819. The lowest BCUT2D eigenvalue weighted by Crippen LogP contribution is -1.91. The average Bonchev–Trinajstić information content (AvgIpc) is 2.57. The Morgan fingerprint density at radius 1 is 1.67 bits per heavy atom. The standard InChI is InChI=1S/C9H13NOS/c1-11-6-3-5-10-8-9-4-2-7-12-9/h2,4,7-8H,3,5-6H2,1H3/b10-8+. The molecule has 0 aliphatic heterocycles. The summed E-state index contributed by atoms with van der Waals surface area (Å²) in [5.41, 5.74) is 0. The van der Waals surface area contributed by atoms with E-state index in [9.17, 15) is 0 Å². The Kier molecular flexibility index (Phi) is 4.64. The van der Waals surface area contributed by atoms with Gasteiger partial charge in [-0.1, -0.05) is 6.07 Å². The topological polar surface area (TPSA) is 21.6 Å². The molecule has 1 rings (SSSR count). The van der Waals surface area contributed by atoms with Crippen LogP contribution in [0.5, 0.6) is 0 Å². The van der Waals surface area contributed by atoms with Gasteiger partial charge in [-0.05, 0) is 17.9 Å². The van der Waals surface area contributed by atoms with E-state index in [1.807, 2.05) is 12.3 Å². The maximum atomic E-state index is 4.91. The summed E-state index contributed by atoms with van der Waals surface area (Å²) in [6.07, 6.45) is 2.92. The lowest BCUT2D eigenvalue weighted by molar-refractivity contribution is 0.197. The zero-order valence-corrected chi connectivity index (χ0v) is 8.01. The quantitative estimate of drug-likeness (QED) is 0.506. The van der Waals surface area contributed by atoms with Crippen molar-refractivity contribution < 1.29 is 4.74 Å². The largest absolute Gasteiger partial charge is 0.385 e. The Morgan fingerprint density at radius 3 is 3.25 bits per heavy atom. The molecule has 1 heterocycles. The molecule has 12 heavy (non-hydrogen) atoms. The summed E-state index contributed by atoms with van der Waals surface area (Å²) in [5.74, 6) is 0. The van der Waals surface area contributed by atoms with Crippen LogP contribution in [0, 0.1) is 0 Å². The van der Waals surface area contributed by atoms with Crippen molar-refractivity contribution in [3.05, 3.63) is 22.4 Å². The third-order valence-corrected chi connectivity index (χ3v) is 2.20. The summed E-state index contributed by atoms with van der Waals surface area (Å²) in [6.45, 7) is 1.65. The number of methoxy groups -OCH3 is 1. The minimum atomic E-state index is 0.793. The number of ether oxygens (including phenoxy) is 1. The van der Waals surface area contributed by atoms with Gasteiger partial charge in [-0.3, -0.25) is 4.99 Å². The molecule has 0 atom stereocenters. The summed E-state index contributed by atoms with van der Waals surface area (Å²) >= 11 is 1.71. The third-order valence-electron chi connectivity index (χ3n) is 1.40. The zero-order valence-electron chi connectivity index (χ0n) is 7.19. The van der Waals surface area contributed by atoms with Crippen molar-refractivity contribution in [1.29, 1.82) is 0 Å². The normalized spacial score (nSPS) is 11.1. The number of thiophene rings is 1. The number of hydrogen-bond acceptors (Lipinski definition) is 3. The van der Waals surface area contributed by atoms with Crippen LogP contribution in [0.2, 0.25) is 0 Å². The van der Waals surface area contributed by atoms with E-state index in [2.05, 4.69) is 16.4 Å². The minimum Gasteiger partial charge on any atom is -0.385 e. The van der Waals surface area contributed by atoms with Crippen molar-refractivity contribution in [2.24, 2.45) is 4.99 Å². The second kappa shape index (κ2) is 5.91. The molecule has 1 aromatic rings. The molecule has 0 aliphatic rings. The predicted molar refractivity (Wildman–Crippen MR) is 53.3 cm³/mol. The van der Waals surface area contributed by atoms with E-state index in [0.717, 1.165) is 19.6 Å². The van der Waals surface area contributed by atoms with Crippen molar-refractivity contribution >= 4 is 17.6 Å². The van der Waals surface area contributed by atoms with Gasteiger partial charge in [-0.25, -0.2) is 0 Å². The second-order valence-electron chi connectivity index (χ2n) is 2.40. The Balaban J connectivity index is 2.14. The van der Waals surface area contributed by atoms with Gasteiger partial charge in [0.2, 0.25) is 0 Å². The average molecular weight is 183 g/mol. The first-order valence-corrected chi connectivity index (χ1v) is 4.83. The minimum absolute atomic E-state index is 0.793. The Bertz CT molecular complexity index is 218. The molecule has 0 bridgehead atoms. The van der Waals surface area contributed by atoms with Crippen molar-refractivity contribution in [1.82, 2.24) is 0 Å². The number of hydrogen-bond donors (Lipinski definition) is 0. The first-order valence-electron chi connectivity index (χ1n) is 3.96. The van der Waals surface area contributed by atoms with Gasteiger partial charge in [-0.15, -0.1) is 11.3 Å². The van der Waals surface area contributed by atoms with E-state index in [1.165, 1.54) is 4.88 Å². The summed E-state index contributed by atoms with van der Waals surface area (Å²) in [4.78, 5) is 5.47. The van der Waals surface area contributed by atoms with E-state index in [0.29, 0.717) is 0 Å². The molecule has 1 aromatic heterocycles. The summed E-state index contributed by atoms with van der Waals surface area (Å²) in [6, 6.07) is 4.09. The van der Waals surface area contributed by atoms with Crippen LogP contribution in [0.1, 0.15) is 11.3 Å². The van der Waals surface area contributed by atoms with Gasteiger partial charge in [0.1, 0.15) is 0 Å². The monoisotopic (exact) mass is 183 g/mol. The van der Waals surface area contributed by atoms with Gasteiger partial charge in [0.15, 0.2) is 0 Å². The van der Waals surface area contributed by atoms with E-state index < -0.39 is 0 Å². The van der Waals surface area contributed by atoms with Crippen LogP contribution in [0.4, 0.5) is 0 Å². The van der Waals surface area contributed by atoms with E-state index in [1.54, 1.807) is 18.4 Å². The fourth-order valence-corrected chi connectivity index (χ4v) is 1.43. The van der Waals surface area contributed by atoms with Gasteiger partial charge >= 0.3 is 0 Å². The molecule has 66 valence electrons. The van der Waals surface area contributed by atoms with Crippen LogP contribution in [0.25, 0.3) is 0 Å². The molecular weight excluding hydrogens is 170 g/mol. The SMILES string of the molecule is COCCC/N=C/c1cccs1. The summed E-state index contributed by atoms with van der Waals surface area (Å²) in [5, 5.41) is 2.05. The predicted octanol–water partition coefficient (Wildman–Crippen LogP) is 2.20. The highest BCUT2D eigenvalue weighted by atomic mass is 32.1. The number of aliphatic imine (C=N–C) groups is 1. The molecule has 2 nitrogen and oxygen atoms in total. The van der Waals surface area contributed by atoms with Crippen molar-refractivity contribution in [2.45, 2.75) is 6.42 Å². The molecule has 0 amide bonds. The summed E-state index contributed by atoms with van der Waals surface area (Å²) in [7, 11) is 1.71. The molecule has 0 saturated heterocycles. The Labute approximate surface area is 76.9 Å². The smallest absolute Gasteiger partial charge is 0.0479 e. The number of rotatable bonds is 5. The van der Waals surface area contributed by atoms with Crippen LogP contribution < -0.4 is 0 Å². The van der Waals surface area contributed by atoms with Crippen LogP contribution >= 0.6 is 11.3 Å². The lowest BCUT2D eigenvalue weighted by atomic mass is 10.4. The highest BCUT2D eigenvalue weighted by molar-refractivity contribution is 7.11. The zero-order chi connectivity index (χ0) is 8.65. The van der Waals surface area contributed by atoms with Gasteiger partial charge in [-0.2, -0.15) is 0 Å². The molecule has 0 N–H and O–H groups in total. The van der Waals surface area contributed by atoms with Gasteiger partial charge in [0.25, 0.3) is 0 Å². The second-order valence-corrected chi connectivity index (χ2v) is 3.38. The van der Waals surface area contributed by atoms with Crippen LogP contribution in [-0.4, -0.2) is 26.5 Å². The van der Waals surface area contributed by atoms with E-state index >= 15 is 0 Å². The molecule has 0 saturated carbocycles. The van der Waals surface area contributed by atoms with Crippen LogP contribution in [-0.2, 0) is 4.74 Å². The maximum Gasteiger partial charge on any atom is 0.0479 e. The summed E-state index contributed by atoms with van der Waals surface area (Å²) < 4.78 is 4.91. The third kappa shape index (κ3) is 3.64. The highest BCUT2D eigenvalue weighted by Gasteiger charge is 1.85. The first-order chi connectivity index (χ1) is 5.93. The molecular formula is C9H13NOS. The van der Waals surface area contributed by atoms with Gasteiger partial charge in [0.05, 0.1) is 0 Å².